The summed E-state index contributed by atoms with van der Waals surface area (Å²) in [7, 11) is 0. The van der Waals surface area contributed by atoms with Crippen molar-refractivity contribution in [3.05, 3.63) is 29.3 Å². The highest BCUT2D eigenvalue weighted by Crippen LogP contribution is 2.41. The molecule has 8 nitrogen and oxygen atoms in total. The molecule has 0 aromatic carbocycles. The zero-order chi connectivity index (χ0) is 18.1. The second-order valence-electron chi connectivity index (χ2n) is 7.27. The first kappa shape index (κ1) is 16.8. The number of nitrogens with zero attached hydrogens (tertiary/aromatic N) is 3. The third-order valence-corrected chi connectivity index (χ3v) is 4.66. The fourth-order valence-corrected chi connectivity index (χ4v) is 2.84. The Hall–Kier alpha value is -2.64. The highest BCUT2D eigenvalue weighted by Gasteiger charge is 2.28. The van der Waals surface area contributed by atoms with Gasteiger partial charge in [0.2, 0.25) is 0 Å². The van der Waals surface area contributed by atoms with Crippen LogP contribution < -0.4 is 15.8 Å². The Morgan fingerprint density at radius 3 is 2.88 bits per heavy atom. The van der Waals surface area contributed by atoms with E-state index in [9.17, 15) is 4.79 Å². The Bertz CT molecular complexity index is 798. The maximum absolute atomic E-state index is 12.7. The smallest absolute Gasteiger partial charge is 0.318 e. The molecule has 2 aliphatic carbocycles. The van der Waals surface area contributed by atoms with Crippen molar-refractivity contribution in [3.63, 3.8) is 0 Å². The van der Waals surface area contributed by atoms with Crippen LogP contribution in [0.3, 0.4) is 0 Å². The summed E-state index contributed by atoms with van der Waals surface area (Å²) in [6.07, 6.45) is 6.97. The standard InChI is InChI=1S/C18H23N5O3/c1-10(6-15-22-18(19)26-23-15)21-17(24)16-14(25-9-11-2-3-11)7-13(8-20-16)12-4-5-12/h7-8,10-12H,2-6,9H2,1H3,(H,21,24)(H2,19,22,23). The molecular weight excluding hydrogens is 334 g/mol. The molecule has 0 radical (unpaired) electrons. The van der Waals surface area contributed by atoms with E-state index in [1.807, 2.05) is 13.0 Å². The molecule has 1 atom stereocenters. The van der Waals surface area contributed by atoms with E-state index in [0.29, 0.717) is 42.1 Å². The molecule has 2 aromatic heterocycles. The summed E-state index contributed by atoms with van der Waals surface area (Å²) in [6.45, 7) is 2.52. The Morgan fingerprint density at radius 1 is 1.42 bits per heavy atom. The lowest BCUT2D eigenvalue weighted by molar-refractivity contribution is 0.0929. The summed E-state index contributed by atoms with van der Waals surface area (Å²) in [5, 5.41) is 6.66. The van der Waals surface area contributed by atoms with Gasteiger partial charge in [0, 0.05) is 18.7 Å². The van der Waals surface area contributed by atoms with Crippen molar-refractivity contribution >= 4 is 11.9 Å². The third kappa shape index (κ3) is 4.12. The number of hydrogen-bond acceptors (Lipinski definition) is 7. The molecule has 0 aliphatic heterocycles. The molecule has 0 saturated heterocycles. The van der Waals surface area contributed by atoms with Crippen LogP contribution in [0.4, 0.5) is 6.01 Å². The Labute approximate surface area is 151 Å². The molecule has 2 aromatic rings. The molecule has 0 bridgehead atoms. The average molecular weight is 357 g/mol. The first-order chi connectivity index (χ1) is 12.6. The summed E-state index contributed by atoms with van der Waals surface area (Å²) in [6, 6.07) is 1.80. The van der Waals surface area contributed by atoms with E-state index in [0.717, 1.165) is 5.56 Å². The molecule has 2 fully saturated rings. The lowest BCUT2D eigenvalue weighted by atomic mass is 10.1. The van der Waals surface area contributed by atoms with Gasteiger partial charge in [0.05, 0.1) is 6.61 Å². The maximum atomic E-state index is 12.7. The highest BCUT2D eigenvalue weighted by atomic mass is 16.5. The number of ether oxygens (including phenoxy) is 1. The monoisotopic (exact) mass is 357 g/mol. The van der Waals surface area contributed by atoms with E-state index in [4.69, 9.17) is 15.0 Å². The van der Waals surface area contributed by atoms with Crippen molar-refractivity contribution in [2.75, 3.05) is 12.3 Å². The number of nitrogens with one attached hydrogen (secondary N) is 1. The SMILES string of the molecule is CC(Cc1noc(N)n1)NC(=O)c1ncc(C2CC2)cc1OCC1CC1. The summed E-state index contributed by atoms with van der Waals surface area (Å²) in [5.41, 5.74) is 6.90. The van der Waals surface area contributed by atoms with Crippen molar-refractivity contribution < 1.29 is 14.1 Å². The van der Waals surface area contributed by atoms with Gasteiger partial charge in [-0.3, -0.25) is 4.79 Å². The van der Waals surface area contributed by atoms with E-state index >= 15 is 0 Å². The Balaban J connectivity index is 1.44. The maximum Gasteiger partial charge on any atom is 0.318 e. The van der Waals surface area contributed by atoms with Crippen LogP contribution in [0.15, 0.2) is 16.8 Å². The predicted octanol–water partition coefficient (Wildman–Crippen LogP) is 2.07. The van der Waals surface area contributed by atoms with Crippen LogP contribution in [0.5, 0.6) is 5.75 Å². The minimum Gasteiger partial charge on any atom is -0.491 e. The number of nitrogens with two attached hydrogens (primary N) is 1. The van der Waals surface area contributed by atoms with Crippen LogP contribution >= 0.6 is 0 Å². The topological polar surface area (TPSA) is 116 Å². The fourth-order valence-electron chi connectivity index (χ4n) is 2.84. The summed E-state index contributed by atoms with van der Waals surface area (Å²) < 4.78 is 10.7. The normalized spacial score (nSPS) is 17.7. The summed E-state index contributed by atoms with van der Waals surface area (Å²) in [5.74, 6) is 1.94. The molecule has 2 saturated carbocycles. The Kier molecular flexibility index (Phi) is 4.48. The lowest BCUT2D eigenvalue weighted by Crippen LogP contribution is -2.35. The first-order valence-electron chi connectivity index (χ1n) is 9.10. The average Bonchev–Trinajstić information content (AvgIpc) is 3.52. The fraction of sp³-hybridized carbons (Fsp3) is 0.556. The third-order valence-electron chi connectivity index (χ3n) is 4.66. The van der Waals surface area contributed by atoms with E-state index in [1.165, 1.54) is 25.7 Å². The van der Waals surface area contributed by atoms with Gasteiger partial charge in [0.15, 0.2) is 17.3 Å². The van der Waals surface area contributed by atoms with Gasteiger partial charge in [-0.2, -0.15) is 4.98 Å². The van der Waals surface area contributed by atoms with Crippen molar-refractivity contribution in [3.8, 4) is 5.75 Å². The molecule has 4 rings (SSSR count). The molecule has 138 valence electrons. The largest absolute Gasteiger partial charge is 0.491 e. The van der Waals surface area contributed by atoms with Crippen LogP contribution in [-0.4, -0.2) is 33.7 Å². The molecule has 26 heavy (non-hydrogen) atoms. The molecular formula is C18H23N5O3. The van der Waals surface area contributed by atoms with Gasteiger partial charge in [-0.05, 0) is 56.1 Å². The number of amides is 1. The number of aromatic nitrogens is 3. The molecule has 1 amide bonds. The van der Waals surface area contributed by atoms with E-state index in [1.54, 1.807) is 6.20 Å². The number of anilines is 1. The highest BCUT2D eigenvalue weighted by molar-refractivity contribution is 5.95. The number of carbonyl (C=O) groups excluding carboxylic acids is 1. The van der Waals surface area contributed by atoms with Gasteiger partial charge in [0.25, 0.3) is 5.91 Å². The zero-order valence-corrected chi connectivity index (χ0v) is 14.8. The van der Waals surface area contributed by atoms with Crippen LogP contribution in [0.1, 0.15) is 60.4 Å². The predicted molar refractivity (Wildman–Crippen MR) is 93.8 cm³/mol. The molecule has 1 unspecified atom stereocenters. The van der Waals surface area contributed by atoms with Gasteiger partial charge in [-0.25, -0.2) is 4.98 Å². The number of nitrogen functional groups attached to an aromatic ring is 1. The number of hydrogen-bond donors (Lipinski definition) is 2. The van der Waals surface area contributed by atoms with E-state index < -0.39 is 0 Å². The minimum atomic E-state index is -0.262. The summed E-state index contributed by atoms with van der Waals surface area (Å²) >= 11 is 0. The van der Waals surface area contributed by atoms with Crippen molar-refractivity contribution in [2.24, 2.45) is 5.92 Å². The first-order valence-corrected chi connectivity index (χ1v) is 9.10. The lowest BCUT2D eigenvalue weighted by Gasteiger charge is -2.15. The van der Waals surface area contributed by atoms with E-state index in [2.05, 4.69) is 20.4 Å². The Morgan fingerprint density at radius 2 is 2.23 bits per heavy atom. The van der Waals surface area contributed by atoms with Gasteiger partial charge in [0.1, 0.15) is 0 Å². The second kappa shape index (κ2) is 6.93. The van der Waals surface area contributed by atoms with Gasteiger partial charge >= 0.3 is 6.01 Å². The van der Waals surface area contributed by atoms with Crippen molar-refractivity contribution in [1.29, 1.82) is 0 Å². The number of pyridine rings is 1. The van der Waals surface area contributed by atoms with Crippen LogP contribution in [0.2, 0.25) is 0 Å². The van der Waals surface area contributed by atoms with E-state index in [-0.39, 0.29) is 18.0 Å². The molecule has 0 spiro atoms. The summed E-state index contributed by atoms with van der Waals surface area (Å²) in [4.78, 5) is 21.0. The molecule has 3 N–H and O–H groups in total. The quantitative estimate of drug-likeness (QED) is 0.743. The van der Waals surface area contributed by atoms with Crippen LogP contribution in [0.25, 0.3) is 0 Å². The minimum absolute atomic E-state index is 0.0200. The number of rotatable bonds is 8. The zero-order valence-electron chi connectivity index (χ0n) is 14.8. The van der Waals surface area contributed by atoms with Gasteiger partial charge in [-0.1, -0.05) is 5.16 Å². The molecule has 2 aliphatic rings. The van der Waals surface area contributed by atoms with Crippen molar-refractivity contribution in [1.82, 2.24) is 20.4 Å². The molecule has 2 heterocycles. The van der Waals surface area contributed by atoms with Crippen molar-refractivity contribution in [2.45, 2.75) is 51.0 Å². The van der Waals surface area contributed by atoms with Crippen LogP contribution in [0, 0.1) is 5.92 Å². The van der Waals surface area contributed by atoms with Crippen LogP contribution in [-0.2, 0) is 6.42 Å². The van der Waals surface area contributed by atoms with Gasteiger partial charge in [-0.15, -0.1) is 0 Å². The van der Waals surface area contributed by atoms with Gasteiger partial charge < -0.3 is 20.3 Å². The molecule has 8 heteroatoms. The number of carbonyl (C=O) groups is 1. The second-order valence-corrected chi connectivity index (χ2v) is 7.27.